The van der Waals surface area contributed by atoms with Crippen LogP contribution in [0.5, 0.6) is 5.88 Å². The minimum Gasteiger partial charge on any atom is -0.468 e. The Morgan fingerprint density at radius 1 is 1.15 bits per heavy atom. The van der Waals surface area contributed by atoms with Crippen LogP contribution in [0.4, 0.5) is 5.95 Å². The minimum atomic E-state index is -0.0565. The third-order valence-electron chi connectivity index (χ3n) is 4.13. The predicted octanol–water partition coefficient (Wildman–Crippen LogP) is 2.80. The Kier molecular flexibility index (Phi) is 4.90. The maximum atomic E-state index is 9.17. The second kappa shape index (κ2) is 7.81. The van der Waals surface area contributed by atoms with Gasteiger partial charge in [-0.25, -0.2) is 4.98 Å². The van der Waals surface area contributed by atoms with E-state index in [4.69, 9.17) is 9.47 Å². The lowest BCUT2D eigenvalue weighted by atomic mass is 10.1. The number of hydrogen-bond donors (Lipinski definition) is 1. The van der Waals surface area contributed by atoms with Crippen molar-refractivity contribution in [3.05, 3.63) is 66.0 Å². The fraction of sp³-hybridized carbons (Fsp3) is 0.200. The molecule has 2 aromatic heterocycles. The van der Waals surface area contributed by atoms with Crippen molar-refractivity contribution in [2.75, 3.05) is 18.5 Å². The van der Waals surface area contributed by atoms with Crippen molar-refractivity contribution in [3.63, 3.8) is 0 Å². The van der Waals surface area contributed by atoms with E-state index in [1.54, 1.807) is 6.20 Å². The summed E-state index contributed by atoms with van der Waals surface area (Å²) in [6.45, 7) is 1.58. The molecule has 7 nitrogen and oxygen atoms in total. The molecule has 0 aliphatic carbocycles. The van der Waals surface area contributed by atoms with Crippen LogP contribution in [-0.4, -0.2) is 34.3 Å². The molecule has 0 spiro atoms. The molecule has 4 rings (SSSR count). The number of aromatic nitrogens is 3. The van der Waals surface area contributed by atoms with Crippen molar-refractivity contribution >= 4 is 5.95 Å². The Bertz CT molecular complexity index is 950. The van der Waals surface area contributed by atoms with Crippen molar-refractivity contribution in [2.24, 2.45) is 0 Å². The van der Waals surface area contributed by atoms with E-state index in [0.717, 1.165) is 16.8 Å². The highest BCUT2D eigenvalue weighted by Gasteiger charge is 2.22. The lowest BCUT2D eigenvalue weighted by molar-refractivity contribution is -0.0814. The molecule has 1 aliphatic heterocycles. The fourth-order valence-corrected chi connectivity index (χ4v) is 2.57. The number of pyridine rings is 1. The standard InChI is InChI=1S/C20H17N5O2/c21-9-16-11-24-20(25-19(16)27-17-12-26-13-17)23-10-14-4-6-15(7-5-14)18-3-1-2-8-22-18/h1-8,11,17H,10,12-13H2,(H,23,24,25). The predicted molar refractivity (Wildman–Crippen MR) is 99.0 cm³/mol. The van der Waals surface area contributed by atoms with Crippen LogP contribution in [0.25, 0.3) is 11.3 Å². The summed E-state index contributed by atoms with van der Waals surface area (Å²) in [4.78, 5) is 12.8. The molecule has 0 unspecified atom stereocenters. The third kappa shape index (κ3) is 4.02. The van der Waals surface area contributed by atoms with Crippen LogP contribution in [0.3, 0.4) is 0 Å². The number of benzene rings is 1. The molecule has 7 heteroatoms. The van der Waals surface area contributed by atoms with Gasteiger partial charge in [0.25, 0.3) is 0 Å². The first-order chi connectivity index (χ1) is 13.3. The summed E-state index contributed by atoms with van der Waals surface area (Å²) in [5, 5.41) is 12.3. The summed E-state index contributed by atoms with van der Waals surface area (Å²) >= 11 is 0. The van der Waals surface area contributed by atoms with E-state index in [9.17, 15) is 5.26 Å². The second-order valence-corrected chi connectivity index (χ2v) is 6.07. The van der Waals surface area contributed by atoms with Crippen LogP contribution in [0, 0.1) is 11.3 Å². The van der Waals surface area contributed by atoms with Crippen molar-refractivity contribution in [2.45, 2.75) is 12.6 Å². The van der Waals surface area contributed by atoms with Crippen LogP contribution in [0.15, 0.2) is 54.9 Å². The lowest BCUT2D eigenvalue weighted by Gasteiger charge is -2.26. The van der Waals surface area contributed by atoms with Gasteiger partial charge in [0.1, 0.15) is 17.7 Å². The van der Waals surface area contributed by atoms with Gasteiger partial charge in [-0.15, -0.1) is 0 Å². The van der Waals surface area contributed by atoms with Gasteiger partial charge in [0.05, 0.1) is 25.1 Å². The maximum Gasteiger partial charge on any atom is 0.237 e. The van der Waals surface area contributed by atoms with E-state index in [2.05, 4.69) is 20.3 Å². The van der Waals surface area contributed by atoms with Gasteiger partial charge in [0, 0.05) is 18.3 Å². The molecule has 1 N–H and O–H groups in total. The molecule has 0 bridgehead atoms. The lowest BCUT2D eigenvalue weighted by Crippen LogP contribution is -2.39. The van der Waals surface area contributed by atoms with Gasteiger partial charge in [0.15, 0.2) is 0 Å². The number of ether oxygens (including phenoxy) is 2. The van der Waals surface area contributed by atoms with Gasteiger partial charge >= 0.3 is 0 Å². The zero-order chi connectivity index (χ0) is 18.5. The maximum absolute atomic E-state index is 9.17. The van der Waals surface area contributed by atoms with Gasteiger partial charge in [-0.1, -0.05) is 30.3 Å². The van der Waals surface area contributed by atoms with Gasteiger partial charge in [-0.3, -0.25) is 4.98 Å². The number of hydrogen-bond acceptors (Lipinski definition) is 7. The first kappa shape index (κ1) is 16.9. The normalized spacial score (nSPS) is 13.4. The molecule has 1 saturated heterocycles. The number of rotatable bonds is 6. The summed E-state index contributed by atoms with van der Waals surface area (Å²) in [6, 6.07) is 16.0. The van der Waals surface area contributed by atoms with Crippen molar-refractivity contribution in [1.82, 2.24) is 15.0 Å². The van der Waals surface area contributed by atoms with Crippen LogP contribution in [-0.2, 0) is 11.3 Å². The number of anilines is 1. The summed E-state index contributed by atoms with van der Waals surface area (Å²) in [6.07, 6.45) is 3.19. The molecule has 1 aliphatic rings. The van der Waals surface area contributed by atoms with E-state index in [0.29, 0.717) is 31.3 Å². The third-order valence-corrected chi connectivity index (χ3v) is 4.13. The van der Waals surface area contributed by atoms with Gasteiger partial charge in [-0.05, 0) is 17.7 Å². The first-order valence-corrected chi connectivity index (χ1v) is 8.57. The molecule has 0 amide bonds. The Morgan fingerprint density at radius 2 is 2.00 bits per heavy atom. The molecule has 0 atom stereocenters. The summed E-state index contributed by atoms with van der Waals surface area (Å²) in [5.41, 5.74) is 3.39. The first-order valence-electron chi connectivity index (χ1n) is 8.57. The highest BCUT2D eigenvalue weighted by molar-refractivity contribution is 5.59. The number of nitrogens with zero attached hydrogens (tertiary/aromatic N) is 4. The summed E-state index contributed by atoms with van der Waals surface area (Å²) in [7, 11) is 0. The van der Waals surface area contributed by atoms with Crippen LogP contribution < -0.4 is 10.1 Å². The molecule has 1 aromatic carbocycles. The highest BCUT2D eigenvalue weighted by Crippen LogP contribution is 2.20. The Morgan fingerprint density at radius 3 is 2.67 bits per heavy atom. The average Bonchev–Trinajstić information content (AvgIpc) is 2.70. The summed E-state index contributed by atoms with van der Waals surface area (Å²) in [5.74, 6) is 0.701. The number of nitrogens with one attached hydrogen (secondary N) is 1. The average molecular weight is 359 g/mol. The SMILES string of the molecule is N#Cc1cnc(NCc2ccc(-c3ccccn3)cc2)nc1OC1COC1. The largest absolute Gasteiger partial charge is 0.468 e. The van der Waals surface area contributed by atoms with Crippen molar-refractivity contribution in [1.29, 1.82) is 5.26 Å². The Hall–Kier alpha value is -3.50. The van der Waals surface area contributed by atoms with E-state index in [1.165, 1.54) is 6.20 Å². The Balaban J connectivity index is 1.42. The van der Waals surface area contributed by atoms with Crippen LogP contribution in [0.1, 0.15) is 11.1 Å². The van der Waals surface area contributed by atoms with E-state index in [1.807, 2.05) is 48.5 Å². The topological polar surface area (TPSA) is 93.0 Å². The zero-order valence-corrected chi connectivity index (χ0v) is 14.5. The van der Waals surface area contributed by atoms with Crippen molar-refractivity contribution < 1.29 is 9.47 Å². The quantitative estimate of drug-likeness (QED) is 0.723. The van der Waals surface area contributed by atoms with E-state index < -0.39 is 0 Å². The second-order valence-electron chi connectivity index (χ2n) is 6.07. The smallest absolute Gasteiger partial charge is 0.237 e. The van der Waals surface area contributed by atoms with Gasteiger partial charge in [-0.2, -0.15) is 10.2 Å². The molecule has 3 aromatic rings. The molecule has 0 saturated carbocycles. The zero-order valence-electron chi connectivity index (χ0n) is 14.5. The van der Waals surface area contributed by atoms with Crippen LogP contribution >= 0.6 is 0 Å². The molecule has 27 heavy (non-hydrogen) atoms. The minimum absolute atomic E-state index is 0.0565. The van der Waals surface area contributed by atoms with Crippen LogP contribution in [0.2, 0.25) is 0 Å². The Labute approximate surface area is 156 Å². The molecule has 134 valence electrons. The van der Waals surface area contributed by atoms with Gasteiger partial charge < -0.3 is 14.8 Å². The van der Waals surface area contributed by atoms with E-state index >= 15 is 0 Å². The van der Waals surface area contributed by atoms with Gasteiger partial charge in [0.2, 0.25) is 11.8 Å². The number of nitriles is 1. The fourth-order valence-electron chi connectivity index (χ4n) is 2.57. The highest BCUT2D eigenvalue weighted by atomic mass is 16.6. The van der Waals surface area contributed by atoms with Crippen molar-refractivity contribution in [3.8, 4) is 23.2 Å². The summed E-state index contributed by atoms with van der Waals surface area (Å²) < 4.78 is 10.8. The molecular formula is C20H17N5O2. The van der Waals surface area contributed by atoms with E-state index in [-0.39, 0.29) is 12.0 Å². The molecule has 1 fully saturated rings. The molecule has 3 heterocycles. The molecule has 0 radical (unpaired) electrons. The molecular weight excluding hydrogens is 342 g/mol. The monoisotopic (exact) mass is 359 g/mol.